The van der Waals surface area contributed by atoms with Crippen molar-refractivity contribution in [2.45, 2.75) is 44.6 Å². The Bertz CT molecular complexity index is 290. The zero-order valence-electron chi connectivity index (χ0n) is 11.8. The molecular weight excluding hydrogens is 228 g/mol. The number of carbonyl (C=O) groups is 1. The van der Waals surface area contributed by atoms with Crippen molar-refractivity contribution in [1.29, 1.82) is 0 Å². The molecule has 0 aromatic carbocycles. The molecule has 0 radical (unpaired) electrons. The highest BCUT2D eigenvalue weighted by Gasteiger charge is 2.42. The molecule has 2 aliphatic rings. The summed E-state index contributed by atoms with van der Waals surface area (Å²) in [6.45, 7) is 6.82. The van der Waals surface area contributed by atoms with Crippen LogP contribution in [0.25, 0.3) is 0 Å². The zero-order chi connectivity index (χ0) is 13.0. The molecule has 1 unspecified atom stereocenters. The summed E-state index contributed by atoms with van der Waals surface area (Å²) < 4.78 is 5.18. The van der Waals surface area contributed by atoms with Gasteiger partial charge in [0.15, 0.2) is 0 Å². The molecule has 0 spiro atoms. The first-order valence-corrected chi connectivity index (χ1v) is 7.25. The highest BCUT2D eigenvalue weighted by atomic mass is 16.5. The normalized spacial score (nSPS) is 30.6. The van der Waals surface area contributed by atoms with Crippen molar-refractivity contribution in [3.63, 3.8) is 0 Å². The molecule has 0 bridgehead atoms. The van der Waals surface area contributed by atoms with Crippen LogP contribution in [0.5, 0.6) is 0 Å². The van der Waals surface area contributed by atoms with Crippen molar-refractivity contribution in [1.82, 2.24) is 9.80 Å². The Balaban J connectivity index is 2.08. The summed E-state index contributed by atoms with van der Waals surface area (Å²) in [5.41, 5.74) is 0.0375. The molecule has 18 heavy (non-hydrogen) atoms. The Morgan fingerprint density at radius 1 is 1.22 bits per heavy atom. The van der Waals surface area contributed by atoms with E-state index >= 15 is 0 Å². The van der Waals surface area contributed by atoms with E-state index < -0.39 is 0 Å². The molecule has 2 rings (SSSR count). The van der Waals surface area contributed by atoms with Gasteiger partial charge in [0.2, 0.25) is 0 Å². The molecule has 0 aliphatic carbocycles. The van der Waals surface area contributed by atoms with Gasteiger partial charge in [-0.3, -0.25) is 9.69 Å². The predicted molar refractivity (Wildman–Crippen MR) is 71.5 cm³/mol. The maximum Gasteiger partial charge on any atom is 0.307 e. The Kier molecular flexibility index (Phi) is 4.62. The maximum atomic E-state index is 11.9. The van der Waals surface area contributed by atoms with Crippen LogP contribution in [0.3, 0.4) is 0 Å². The van der Waals surface area contributed by atoms with E-state index in [0.29, 0.717) is 13.0 Å². The second-order valence-corrected chi connectivity index (χ2v) is 5.74. The topological polar surface area (TPSA) is 32.8 Å². The van der Waals surface area contributed by atoms with Crippen LogP contribution in [0.15, 0.2) is 0 Å². The number of nitrogens with zero attached hydrogens (tertiary/aromatic N) is 2. The van der Waals surface area contributed by atoms with Crippen molar-refractivity contribution in [3.05, 3.63) is 0 Å². The lowest BCUT2D eigenvalue weighted by Gasteiger charge is -2.47. The molecule has 1 atom stereocenters. The number of rotatable bonds is 4. The second kappa shape index (κ2) is 6.02. The van der Waals surface area contributed by atoms with Gasteiger partial charge in [0.25, 0.3) is 0 Å². The summed E-state index contributed by atoms with van der Waals surface area (Å²) in [5.74, 6) is -0.0281. The number of esters is 1. The van der Waals surface area contributed by atoms with Crippen LogP contribution in [0, 0.1) is 0 Å². The highest BCUT2D eigenvalue weighted by molar-refractivity contribution is 5.71. The van der Waals surface area contributed by atoms with Gasteiger partial charge >= 0.3 is 5.97 Å². The molecule has 104 valence electrons. The maximum absolute atomic E-state index is 11.9. The average molecular weight is 254 g/mol. The molecule has 2 fully saturated rings. The van der Waals surface area contributed by atoms with Gasteiger partial charge in [-0.05, 0) is 59.3 Å². The first-order valence-electron chi connectivity index (χ1n) is 7.25. The van der Waals surface area contributed by atoms with Gasteiger partial charge in [0.05, 0.1) is 13.0 Å². The van der Waals surface area contributed by atoms with Gasteiger partial charge in [0.1, 0.15) is 0 Å². The lowest BCUT2D eigenvalue weighted by Crippen LogP contribution is -2.58. The van der Waals surface area contributed by atoms with E-state index in [1.807, 2.05) is 6.92 Å². The lowest BCUT2D eigenvalue weighted by atomic mass is 9.84. The highest BCUT2D eigenvalue weighted by Crippen LogP contribution is 2.33. The van der Waals surface area contributed by atoms with Crippen molar-refractivity contribution >= 4 is 5.97 Å². The van der Waals surface area contributed by atoms with E-state index in [9.17, 15) is 4.79 Å². The van der Waals surface area contributed by atoms with Crippen LogP contribution in [0.2, 0.25) is 0 Å². The number of carbonyl (C=O) groups excluding carboxylic acids is 1. The number of hydrogen-bond acceptors (Lipinski definition) is 4. The summed E-state index contributed by atoms with van der Waals surface area (Å²) in [6, 6.07) is 0. The Morgan fingerprint density at radius 2 is 1.94 bits per heavy atom. The molecular formula is C14H26N2O2. The fourth-order valence-corrected chi connectivity index (χ4v) is 3.52. The van der Waals surface area contributed by atoms with E-state index in [2.05, 4.69) is 16.8 Å². The molecule has 2 aliphatic heterocycles. The van der Waals surface area contributed by atoms with Crippen molar-refractivity contribution in [3.8, 4) is 0 Å². The van der Waals surface area contributed by atoms with Crippen LogP contribution in [0.4, 0.5) is 0 Å². The van der Waals surface area contributed by atoms with Crippen molar-refractivity contribution in [2.75, 3.05) is 39.8 Å². The molecule has 0 amide bonds. The molecule has 2 saturated heterocycles. The lowest BCUT2D eigenvalue weighted by molar-refractivity contribution is -0.147. The third-order valence-corrected chi connectivity index (χ3v) is 4.30. The first-order chi connectivity index (χ1) is 8.66. The molecule has 0 N–H and O–H groups in total. The van der Waals surface area contributed by atoms with Crippen LogP contribution < -0.4 is 0 Å². The smallest absolute Gasteiger partial charge is 0.307 e. The second-order valence-electron chi connectivity index (χ2n) is 5.74. The van der Waals surface area contributed by atoms with Crippen LogP contribution in [0.1, 0.15) is 39.0 Å². The molecule has 0 aromatic rings. The first kappa shape index (κ1) is 13.8. The molecule has 2 heterocycles. The zero-order valence-corrected chi connectivity index (χ0v) is 11.8. The summed E-state index contributed by atoms with van der Waals surface area (Å²) in [5, 5.41) is 0. The Hall–Kier alpha value is -0.610. The van der Waals surface area contributed by atoms with Crippen LogP contribution in [-0.4, -0.2) is 61.1 Å². The summed E-state index contributed by atoms with van der Waals surface area (Å²) in [4.78, 5) is 16.8. The minimum absolute atomic E-state index is 0.0281. The minimum atomic E-state index is -0.0281. The third-order valence-electron chi connectivity index (χ3n) is 4.30. The fraction of sp³-hybridized carbons (Fsp3) is 0.929. The fourth-order valence-electron chi connectivity index (χ4n) is 3.52. The Labute approximate surface area is 110 Å². The number of likely N-dealkylation sites (N-methyl/N-ethyl adjacent to an activating group) is 1. The average Bonchev–Trinajstić information content (AvgIpc) is 2.82. The quantitative estimate of drug-likeness (QED) is 0.712. The summed E-state index contributed by atoms with van der Waals surface area (Å²) in [7, 11) is 2.16. The van der Waals surface area contributed by atoms with E-state index in [1.54, 1.807) is 0 Å². The van der Waals surface area contributed by atoms with E-state index in [4.69, 9.17) is 4.74 Å². The van der Waals surface area contributed by atoms with Gasteiger partial charge in [0, 0.05) is 12.1 Å². The standard InChI is InChI=1S/C14H26N2O2/c1-3-18-13(17)11-14(16-9-4-5-10-16)7-6-8-15(2)12-14/h3-12H2,1-2H3. The predicted octanol–water partition coefficient (Wildman–Crippen LogP) is 1.50. The van der Waals surface area contributed by atoms with Crippen molar-refractivity contribution < 1.29 is 9.53 Å². The largest absolute Gasteiger partial charge is 0.466 e. The number of piperidine rings is 1. The van der Waals surface area contributed by atoms with Gasteiger partial charge in [-0.15, -0.1) is 0 Å². The van der Waals surface area contributed by atoms with E-state index in [1.165, 1.54) is 19.3 Å². The monoisotopic (exact) mass is 254 g/mol. The molecule has 0 aromatic heterocycles. The Morgan fingerprint density at radius 3 is 2.56 bits per heavy atom. The number of likely N-dealkylation sites (tertiary alicyclic amines) is 2. The van der Waals surface area contributed by atoms with Gasteiger partial charge in [-0.2, -0.15) is 0 Å². The molecule has 4 heteroatoms. The van der Waals surface area contributed by atoms with Crippen LogP contribution >= 0.6 is 0 Å². The van der Waals surface area contributed by atoms with E-state index in [-0.39, 0.29) is 11.5 Å². The number of hydrogen-bond donors (Lipinski definition) is 0. The van der Waals surface area contributed by atoms with E-state index in [0.717, 1.165) is 32.6 Å². The van der Waals surface area contributed by atoms with Gasteiger partial charge in [-0.1, -0.05) is 0 Å². The molecule has 0 saturated carbocycles. The molecule has 4 nitrogen and oxygen atoms in total. The van der Waals surface area contributed by atoms with Gasteiger partial charge in [-0.25, -0.2) is 0 Å². The number of ether oxygens (including phenoxy) is 1. The summed E-state index contributed by atoms with van der Waals surface area (Å²) in [6.07, 6.45) is 5.43. The van der Waals surface area contributed by atoms with Crippen LogP contribution in [-0.2, 0) is 9.53 Å². The van der Waals surface area contributed by atoms with Crippen molar-refractivity contribution in [2.24, 2.45) is 0 Å². The summed E-state index contributed by atoms with van der Waals surface area (Å²) >= 11 is 0. The minimum Gasteiger partial charge on any atom is -0.466 e. The van der Waals surface area contributed by atoms with Gasteiger partial charge < -0.3 is 9.64 Å². The SMILES string of the molecule is CCOC(=O)CC1(N2CCCC2)CCCN(C)C1. The third kappa shape index (κ3) is 3.04.